The number of carbonyl (C=O) groups is 1. The summed E-state index contributed by atoms with van der Waals surface area (Å²) in [6.45, 7) is 10.2. The van der Waals surface area contributed by atoms with Gasteiger partial charge in [0.25, 0.3) is 0 Å². The number of rotatable bonds is 4. The Labute approximate surface area is 184 Å². The van der Waals surface area contributed by atoms with Gasteiger partial charge in [0.1, 0.15) is 5.82 Å². The predicted octanol–water partition coefficient (Wildman–Crippen LogP) is 4.44. The normalized spacial score (nSPS) is 17.5. The van der Waals surface area contributed by atoms with Crippen LogP contribution in [0.5, 0.6) is 0 Å². The Balaban J connectivity index is 0.000000254. The lowest BCUT2D eigenvalue weighted by molar-refractivity contribution is -0.136. The average Bonchev–Trinajstić information content (AvgIpc) is 3.05. The Hall–Kier alpha value is -2.54. The van der Waals surface area contributed by atoms with Crippen LogP contribution >= 0.6 is 0 Å². The first-order valence-corrected chi connectivity index (χ1v) is 11.1. The van der Waals surface area contributed by atoms with Gasteiger partial charge in [-0.1, -0.05) is 26.0 Å². The highest BCUT2D eigenvalue weighted by molar-refractivity contribution is 5.77. The van der Waals surface area contributed by atoms with Crippen molar-refractivity contribution in [1.82, 2.24) is 14.9 Å². The van der Waals surface area contributed by atoms with Crippen molar-refractivity contribution in [2.45, 2.75) is 71.5 Å². The molecule has 0 bridgehead atoms. The Kier molecular flexibility index (Phi) is 7.59. The molecule has 2 aromatic rings. The van der Waals surface area contributed by atoms with Gasteiger partial charge in [-0.15, -0.1) is 0 Å². The number of hydrogen-bond donors (Lipinski definition) is 1. The minimum Gasteiger partial charge on any atom is -0.381 e. The van der Waals surface area contributed by atoms with Crippen molar-refractivity contribution in [2.24, 2.45) is 0 Å². The van der Waals surface area contributed by atoms with Crippen molar-refractivity contribution in [3.05, 3.63) is 53.1 Å². The highest BCUT2D eigenvalue weighted by Gasteiger charge is 2.41. The largest absolute Gasteiger partial charge is 0.381 e. The Bertz CT molecular complexity index is 880. The molecule has 1 amide bonds. The molecular weight excluding hydrogens is 395 g/mol. The summed E-state index contributed by atoms with van der Waals surface area (Å²) in [5, 5.41) is 3.39. The quantitative estimate of drug-likeness (QED) is 0.780. The van der Waals surface area contributed by atoms with Crippen molar-refractivity contribution in [3.63, 3.8) is 0 Å². The molecule has 1 aromatic heterocycles. The number of aryl methyl sites for hydroxylation is 1. The van der Waals surface area contributed by atoms with Gasteiger partial charge in [0, 0.05) is 37.4 Å². The van der Waals surface area contributed by atoms with Crippen molar-refractivity contribution >= 4 is 11.9 Å². The summed E-state index contributed by atoms with van der Waals surface area (Å²) in [4.78, 5) is 23.2. The first-order valence-electron chi connectivity index (χ1n) is 11.1. The first kappa shape index (κ1) is 23.1. The Morgan fingerprint density at radius 2 is 1.90 bits per heavy atom. The molecule has 2 aliphatic heterocycles. The fourth-order valence-corrected chi connectivity index (χ4v) is 3.95. The monoisotopic (exact) mass is 428 g/mol. The summed E-state index contributed by atoms with van der Waals surface area (Å²) in [6.07, 6.45) is 5.31. The number of carbonyl (C=O) groups excluding carboxylic acids is 1. The maximum absolute atomic E-state index is 12.2. The van der Waals surface area contributed by atoms with Gasteiger partial charge in [-0.25, -0.2) is 14.4 Å². The van der Waals surface area contributed by atoms with E-state index in [2.05, 4.69) is 29.1 Å². The van der Waals surface area contributed by atoms with Crippen LogP contribution < -0.4 is 5.32 Å². The van der Waals surface area contributed by atoms with Gasteiger partial charge in [-0.2, -0.15) is 0 Å². The van der Waals surface area contributed by atoms with E-state index in [1.54, 1.807) is 12.1 Å². The van der Waals surface area contributed by atoms with E-state index >= 15 is 0 Å². The standard InChI is InChI=1S/C16H24N4O2.C8H9F/c1-4-14(21)20-10-13-12(16(20,2)3)9-17-15(19-13)18-11-5-7-22-8-6-11;1-2-7-3-5-8(9)6-4-7/h9,11H,4-8,10H2,1-3H3,(H,17,18,19);3-6H,2H2,1H3. The van der Waals surface area contributed by atoms with Crippen LogP contribution in [0, 0.1) is 5.82 Å². The fourth-order valence-electron chi connectivity index (χ4n) is 3.95. The molecule has 0 unspecified atom stereocenters. The topological polar surface area (TPSA) is 67.4 Å². The second-order valence-electron chi connectivity index (χ2n) is 8.46. The maximum atomic E-state index is 12.2. The summed E-state index contributed by atoms with van der Waals surface area (Å²) in [5.74, 6) is 0.654. The Morgan fingerprint density at radius 3 is 2.52 bits per heavy atom. The van der Waals surface area contributed by atoms with Crippen LogP contribution in [0.15, 0.2) is 30.5 Å². The van der Waals surface area contributed by atoms with Crippen molar-refractivity contribution in [1.29, 1.82) is 0 Å². The van der Waals surface area contributed by atoms with E-state index in [1.165, 1.54) is 17.7 Å². The van der Waals surface area contributed by atoms with Gasteiger partial charge >= 0.3 is 0 Å². The van der Waals surface area contributed by atoms with Gasteiger partial charge in [0.05, 0.1) is 17.8 Å². The summed E-state index contributed by atoms with van der Waals surface area (Å²) in [7, 11) is 0. The highest BCUT2D eigenvalue weighted by atomic mass is 19.1. The number of aromatic nitrogens is 2. The van der Waals surface area contributed by atoms with E-state index in [1.807, 2.05) is 24.9 Å². The molecule has 4 rings (SSSR count). The van der Waals surface area contributed by atoms with Crippen molar-refractivity contribution in [3.8, 4) is 0 Å². The van der Waals surface area contributed by atoms with Gasteiger partial charge in [-0.05, 0) is 50.8 Å². The van der Waals surface area contributed by atoms with E-state index in [0.717, 1.165) is 43.7 Å². The average molecular weight is 429 g/mol. The molecule has 7 heteroatoms. The number of fused-ring (bicyclic) bond motifs is 1. The third-order valence-electron chi connectivity index (χ3n) is 5.99. The number of anilines is 1. The first-order chi connectivity index (χ1) is 14.8. The van der Waals surface area contributed by atoms with Crippen LogP contribution in [0.2, 0.25) is 0 Å². The van der Waals surface area contributed by atoms with Gasteiger partial charge in [-0.3, -0.25) is 4.79 Å². The molecule has 2 aliphatic rings. The molecule has 31 heavy (non-hydrogen) atoms. The number of amides is 1. The zero-order valence-corrected chi connectivity index (χ0v) is 18.9. The molecule has 1 saturated heterocycles. The van der Waals surface area contributed by atoms with E-state index in [4.69, 9.17) is 4.74 Å². The molecule has 6 nitrogen and oxygen atoms in total. The van der Waals surface area contributed by atoms with E-state index in [9.17, 15) is 9.18 Å². The van der Waals surface area contributed by atoms with Crippen LogP contribution in [0.3, 0.4) is 0 Å². The van der Waals surface area contributed by atoms with Crippen LogP contribution in [0.4, 0.5) is 10.3 Å². The molecule has 0 atom stereocenters. The number of halogens is 1. The van der Waals surface area contributed by atoms with Crippen LogP contribution in [-0.2, 0) is 28.0 Å². The highest BCUT2D eigenvalue weighted by Crippen LogP contribution is 2.38. The zero-order chi connectivity index (χ0) is 22.4. The zero-order valence-electron chi connectivity index (χ0n) is 18.9. The molecule has 0 saturated carbocycles. The maximum Gasteiger partial charge on any atom is 0.223 e. The van der Waals surface area contributed by atoms with Crippen LogP contribution in [0.25, 0.3) is 0 Å². The van der Waals surface area contributed by atoms with Crippen LogP contribution in [-0.4, -0.2) is 40.0 Å². The smallest absolute Gasteiger partial charge is 0.223 e. The molecule has 0 radical (unpaired) electrons. The van der Waals surface area contributed by atoms with Gasteiger partial charge in [0.2, 0.25) is 11.9 Å². The predicted molar refractivity (Wildman–Crippen MR) is 119 cm³/mol. The molecule has 0 aliphatic carbocycles. The molecule has 1 N–H and O–H groups in total. The van der Waals surface area contributed by atoms with Gasteiger partial charge < -0.3 is 15.0 Å². The van der Waals surface area contributed by atoms with Crippen molar-refractivity contribution in [2.75, 3.05) is 18.5 Å². The third-order valence-corrected chi connectivity index (χ3v) is 5.99. The molecule has 168 valence electrons. The number of ether oxygens (including phenoxy) is 1. The molecule has 1 aromatic carbocycles. The summed E-state index contributed by atoms with van der Waals surface area (Å²) >= 11 is 0. The molecular formula is C24H33FN4O2. The number of benzene rings is 1. The molecule has 1 fully saturated rings. The summed E-state index contributed by atoms with van der Waals surface area (Å²) < 4.78 is 17.6. The molecule has 3 heterocycles. The van der Waals surface area contributed by atoms with Gasteiger partial charge in [0.15, 0.2) is 0 Å². The molecule has 0 spiro atoms. The lowest BCUT2D eigenvalue weighted by Gasteiger charge is -2.31. The van der Waals surface area contributed by atoms with Crippen LogP contribution in [0.1, 0.15) is 63.8 Å². The summed E-state index contributed by atoms with van der Waals surface area (Å²) in [5.41, 5.74) is 2.85. The number of nitrogens with one attached hydrogen (secondary N) is 1. The van der Waals surface area contributed by atoms with Crippen molar-refractivity contribution < 1.29 is 13.9 Å². The minimum absolute atomic E-state index is 0.155. The number of nitrogens with zero attached hydrogens (tertiary/aromatic N) is 3. The second-order valence-corrected chi connectivity index (χ2v) is 8.46. The lowest BCUT2D eigenvalue weighted by atomic mass is 9.97. The third kappa shape index (κ3) is 5.58. The minimum atomic E-state index is -0.334. The second kappa shape index (κ2) is 10.2. The SMILES string of the molecule is CCC(=O)N1Cc2nc(NC3CCOCC3)ncc2C1(C)C.CCc1ccc(F)cc1. The lowest BCUT2D eigenvalue weighted by Crippen LogP contribution is -2.39. The Morgan fingerprint density at radius 1 is 1.23 bits per heavy atom. The summed E-state index contributed by atoms with van der Waals surface area (Å²) in [6, 6.07) is 6.94. The number of hydrogen-bond acceptors (Lipinski definition) is 5. The van der Waals surface area contributed by atoms with E-state index in [0.29, 0.717) is 25.0 Å². The van der Waals surface area contributed by atoms with E-state index in [-0.39, 0.29) is 17.3 Å². The van der Waals surface area contributed by atoms with E-state index < -0.39 is 0 Å². The fraction of sp³-hybridized carbons (Fsp3) is 0.542.